The molecule has 20 heavy (non-hydrogen) atoms. The summed E-state index contributed by atoms with van der Waals surface area (Å²) in [6.45, 7) is 9.62. The first-order valence-corrected chi connectivity index (χ1v) is 6.76. The molecule has 1 aromatic heterocycles. The van der Waals surface area contributed by atoms with Crippen molar-refractivity contribution in [3.8, 4) is 6.01 Å². The summed E-state index contributed by atoms with van der Waals surface area (Å²) >= 11 is 0. The minimum Gasteiger partial charge on any atom is -0.461 e. The molecule has 7 heteroatoms. The fourth-order valence-electron chi connectivity index (χ4n) is 1.33. The van der Waals surface area contributed by atoms with Gasteiger partial charge in [0.25, 0.3) is 0 Å². The number of hydrogen-bond donors (Lipinski definition) is 1. The van der Waals surface area contributed by atoms with Crippen LogP contribution in [0.25, 0.3) is 0 Å². The molecule has 0 amide bonds. The number of nitrogens with one attached hydrogen (secondary N) is 1. The van der Waals surface area contributed by atoms with Gasteiger partial charge < -0.3 is 19.7 Å². The molecule has 0 unspecified atom stereocenters. The lowest BCUT2D eigenvalue weighted by molar-refractivity contribution is -0.0173. The Morgan fingerprint density at radius 1 is 1.10 bits per heavy atom. The molecule has 0 saturated heterocycles. The molecule has 0 saturated carbocycles. The number of nitrogens with zero attached hydrogens (tertiary/aromatic N) is 4. The van der Waals surface area contributed by atoms with E-state index in [0.29, 0.717) is 31.1 Å². The van der Waals surface area contributed by atoms with Gasteiger partial charge in [0.15, 0.2) is 0 Å². The van der Waals surface area contributed by atoms with Crippen molar-refractivity contribution in [3.05, 3.63) is 0 Å². The van der Waals surface area contributed by atoms with Gasteiger partial charge in [0.2, 0.25) is 11.9 Å². The summed E-state index contributed by atoms with van der Waals surface area (Å²) < 4.78 is 11.1. The Balaban J connectivity index is 2.64. The normalized spacial score (nSPS) is 11.3. The van der Waals surface area contributed by atoms with Gasteiger partial charge >= 0.3 is 6.01 Å². The van der Waals surface area contributed by atoms with Crippen molar-refractivity contribution in [2.24, 2.45) is 0 Å². The Bertz CT molecular complexity index is 418. The van der Waals surface area contributed by atoms with E-state index in [4.69, 9.17) is 9.47 Å². The third-order valence-electron chi connectivity index (χ3n) is 2.19. The maximum absolute atomic E-state index is 5.58. The summed E-state index contributed by atoms with van der Waals surface area (Å²) in [7, 11) is 3.75. The first-order chi connectivity index (χ1) is 9.31. The van der Waals surface area contributed by atoms with E-state index in [1.54, 1.807) is 4.90 Å². The molecule has 1 rings (SSSR count). The van der Waals surface area contributed by atoms with Crippen LogP contribution in [0.1, 0.15) is 27.7 Å². The molecule has 0 bridgehead atoms. The number of aromatic nitrogens is 3. The highest BCUT2D eigenvalue weighted by atomic mass is 16.5. The van der Waals surface area contributed by atoms with Crippen LogP contribution in [0.2, 0.25) is 0 Å². The molecule has 0 radical (unpaired) electrons. The van der Waals surface area contributed by atoms with E-state index >= 15 is 0 Å². The molecule has 0 fully saturated rings. The number of anilines is 2. The van der Waals surface area contributed by atoms with Gasteiger partial charge in [-0.05, 0) is 27.7 Å². The predicted octanol–water partition coefficient (Wildman–Crippen LogP) is 1.56. The van der Waals surface area contributed by atoms with Crippen molar-refractivity contribution in [2.75, 3.05) is 44.1 Å². The Morgan fingerprint density at radius 3 is 2.35 bits per heavy atom. The smallest absolute Gasteiger partial charge is 0.323 e. The van der Waals surface area contributed by atoms with Crippen molar-refractivity contribution >= 4 is 11.9 Å². The summed E-state index contributed by atoms with van der Waals surface area (Å²) in [4.78, 5) is 14.5. The van der Waals surface area contributed by atoms with Crippen LogP contribution in [0.5, 0.6) is 6.01 Å². The highest BCUT2D eigenvalue weighted by Gasteiger charge is 2.11. The Hall–Kier alpha value is -1.63. The lowest BCUT2D eigenvalue weighted by Gasteiger charge is -2.19. The summed E-state index contributed by atoms with van der Waals surface area (Å²) in [5.41, 5.74) is -0.174. The lowest BCUT2D eigenvalue weighted by atomic mass is 10.2. The average Bonchev–Trinajstić information content (AvgIpc) is 2.33. The van der Waals surface area contributed by atoms with E-state index in [1.165, 1.54) is 0 Å². The topological polar surface area (TPSA) is 72.4 Å². The van der Waals surface area contributed by atoms with E-state index in [-0.39, 0.29) is 5.60 Å². The second-order valence-electron chi connectivity index (χ2n) is 5.48. The van der Waals surface area contributed by atoms with Crippen molar-refractivity contribution < 1.29 is 9.47 Å². The van der Waals surface area contributed by atoms with Crippen LogP contribution >= 0.6 is 0 Å². The molecule has 0 aliphatic carbocycles. The van der Waals surface area contributed by atoms with Gasteiger partial charge in [0.05, 0.1) is 12.2 Å². The van der Waals surface area contributed by atoms with E-state index in [2.05, 4.69) is 20.3 Å². The summed E-state index contributed by atoms with van der Waals surface area (Å²) in [6, 6.07) is 0.303. The zero-order valence-electron chi connectivity index (χ0n) is 13.2. The van der Waals surface area contributed by atoms with E-state index in [0.717, 1.165) is 6.54 Å². The quantitative estimate of drug-likeness (QED) is 0.761. The second-order valence-corrected chi connectivity index (χ2v) is 5.48. The highest BCUT2D eigenvalue weighted by molar-refractivity contribution is 5.36. The van der Waals surface area contributed by atoms with Crippen molar-refractivity contribution in [2.45, 2.75) is 33.3 Å². The van der Waals surface area contributed by atoms with Gasteiger partial charge in [-0.1, -0.05) is 0 Å². The maximum atomic E-state index is 5.58. The monoisotopic (exact) mass is 283 g/mol. The lowest BCUT2D eigenvalue weighted by Crippen LogP contribution is -2.23. The minimum absolute atomic E-state index is 0.174. The van der Waals surface area contributed by atoms with E-state index < -0.39 is 0 Å². The van der Waals surface area contributed by atoms with Crippen molar-refractivity contribution in [1.29, 1.82) is 0 Å². The fraction of sp³-hybridized carbons (Fsp3) is 0.769. The van der Waals surface area contributed by atoms with Gasteiger partial charge in [-0.2, -0.15) is 15.0 Å². The molecule has 1 aromatic rings. The largest absolute Gasteiger partial charge is 0.461 e. The van der Waals surface area contributed by atoms with Gasteiger partial charge in [-0.3, -0.25) is 0 Å². The first kappa shape index (κ1) is 16.4. The van der Waals surface area contributed by atoms with Gasteiger partial charge in [-0.25, -0.2) is 0 Å². The molecular weight excluding hydrogens is 258 g/mol. The number of ether oxygens (including phenoxy) is 2. The molecule has 0 spiro atoms. The molecule has 1 N–H and O–H groups in total. The van der Waals surface area contributed by atoms with Crippen LogP contribution in [0.15, 0.2) is 0 Å². The van der Waals surface area contributed by atoms with Crippen LogP contribution in [0.4, 0.5) is 11.9 Å². The summed E-state index contributed by atoms with van der Waals surface area (Å²) in [5, 5.41) is 3.06. The fourth-order valence-corrected chi connectivity index (χ4v) is 1.33. The zero-order valence-corrected chi connectivity index (χ0v) is 13.2. The molecule has 1 heterocycles. The summed E-state index contributed by atoms with van der Waals surface area (Å²) in [6.07, 6.45) is 0. The van der Waals surface area contributed by atoms with Crippen LogP contribution in [0, 0.1) is 0 Å². The number of rotatable bonds is 7. The van der Waals surface area contributed by atoms with E-state index in [9.17, 15) is 0 Å². The molecule has 0 aromatic carbocycles. The predicted molar refractivity (Wildman–Crippen MR) is 79.5 cm³/mol. The van der Waals surface area contributed by atoms with Crippen molar-refractivity contribution in [3.63, 3.8) is 0 Å². The van der Waals surface area contributed by atoms with Gasteiger partial charge in [0, 0.05) is 20.6 Å². The Morgan fingerprint density at radius 2 is 1.80 bits per heavy atom. The average molecular weight is 283 g/mol. The van der Waals surface area contributed by atoms with Crippen molar-refractivity contribution in [1.82, 2.24) is 15.0 Å². The summed E-state index contributed by atoms with van der Waals surface area (Å²) in [5.74, 6) is 1.07. The molecule has 114 valence electrons. The van der Waals surface area contributed by atoms with Crippen LogP contribution in [0.3, 0.4) is 0 Å². The maximum Gasteiger partial charge on any atom is 0.323 e. The molecule has 0 aliphatic heterocycles. The third-order valence-corrected chi connectivity index (χ3v) is 2.19. The van der Waals surface area contributed by atoms with Gasteiger partial charge in [0.1, 0.15) is 6.61 Å². The third kappa shape index (κ3) is 6.01. The molecule has 0 atom stereocenters. The zero-order chi connectivity index (χ0) is 15.2. The van der Waals surface area contributed by atoms with Crippen LogP contribution < -0.4 is 15.0 Å². The molecule has 0 aliphatic rings. The Labute approximate surface area is 120 Å². The van der Waals surface area contributed by atoms with E-state index in [1.807, 2.05) is 41.8 Å². The number of hydrogen-bond acceptors (Lipinski definition) is 7. The molecular formula is C13H25N5O2. The Kier molecular flexibility index (Phi) is 5.94. The molecule has 7 nitrogen and oxygen atoms in total. The SMILES string of the molecule is CCNc1nc(OCCOC(C)(C)C)nc(N(C)C)n1. The second kappa shape index (κ2) is 7.23. The highest BCUT2D eigenvalue weighted by Crippen LogP contribution is 2.13. The first-order valence-electron chi connectivity index (χ1n) is 6.76. The van der Waals surface area contributed by atoms with Crippen LogP contribution in [-0.2, 0) is 4.74 Å². The minimum atomic E-state index is -0.174. The standard InChI is InChI=1S/C13H25N5O2/c1-7-14-10-15-11(18(5)6)17-12(16-10)19-8-9-20-13(2,3)4/h7-9H2,1-6H3,(H,14,15,16,17). The van der Waals surface area contributed by atoms with Gasteiger partial charge in [-0.15, -0.1) is 0 Å². The van der Waals surface area contributed by atoms with Crippen LogP contribution in [-0.4, -0.2) is 54.4 Å².